The van der Waals surface area contributed by atoms with Crippen LogP contribution in [-0.4, -0.2) is 39.4 Å². The summed E-state index contributed by atoms with van der Waals surface area (Å²) in [7, 11) is 0. The third kappa shape index (κ3) is 4.11. The fourth-order valence-electron chi connectivity index (χ4n) is 3.18. The van der Waals surface area contributed by atoms with E-state index >= 15 is 0 Å². The zero-order valence-corrected chi connectivity index (χ0v) is 17.6. The Kier molecular flexibility index (Phi) is 5.40. The normalized spacial score (nSPS) is 16.5. The van der Waals surface area contributed by atoms with Crippen molar-refractivity contribution in [1.29, 1.82) is 0 Å². The molecule has 0 spiro atoms. The van der Waals surface area contributed by atoms with Crippen molar-refractivity contribution < 1.29 is 9.13 Å². The Morgan fingerprint density at radius 3 is 2.93 bits per heavy atom. The van der Waals surface area contributed by atoms with Crippen molar-refractivity contribution in [2.45, 2.75) is 28.3 Å². The molecule has 0 radical (unpaired) electrons. The van der Waals surface area contributed by atoms with Crippen molar-refractivity contribution >= 4 is 49.8 Å². The van der Waals surface area contributed by atoms with Crippen molar-refractivity contribution in [3.05, 3.63) is 41.8 Å². The lowest BCUT2D eigenvalue weighted by atomic mass is 10.1. The minimum Gasteiger partial charge on any atom is -0.376 e. The highest BCUT2D eigenvalue weighted by Gasteiger charge is 2.18. The zero-order chi connectivity index (χ0) is 19.6. The molecular weight excluding hydrogens is 429 g/mol. The molecule has 5 rings (SSSR count). The molecule has 0 bridgehead atoms. The van der Waals surface area contributed by atoms with E-state index in [1.165, 1.54) is 35.2 Å². The molecule has 4 heterocycles. The fourth-order valence-corrected chi connectivity index (χ4v) is 5.94. The van der Waals surface area contributed by atoms with Gasteiger partial charge in [-0.05, 0) is 42.3 Å². The first-order chi connectivity index (χ1) is 14.3. The topological polar surface area (TPSA) is 72.8 Å². The molecule has 6 nitrogen and oxygen atoms in total. The SMILES string of the molecule is Fc1ccc(-c2csc3ncnc(Sc4nnc(NCC5CCCO5)s4)c23)cc1. The van der Waals surface area contributed by atoms with E-state index in [0.29, 0.717) is 0 Å². The lowest BCUT2D eigenvalue weighted by Gasteiger charge is -2.08. The largest absolute Gasteiger partial charge is 0.376 e. The van der Waals surface area contributed by atoms with Gasteiger partial charge in [-0.1, -0.05) is 23.5 Å². The Morgan fingerprint density at radius 2 is 2.10 bits per heavy atom. The van der Waals surface area contributed by atoms with Crippen LogP contribution >= 0.6 is 34.4 Å². The maximum atomic E-state index is 13.3. The van der Waals surface area contributed by atoms with E-state index in [0.717, 1.165) is 61.8 Å². The van der Waals surface area contributed by atoms with Crippen LogP contribution in [0.15, 0.2) is 45.3 Å². The Hall–Kier alpha value is -2.14. The van der Waals surface area contributed by atoms with Gasteiger partial charge in [0.25, 0.3) is 0 Å². The van der Waals surface area contributed by atoms with Gasteiger partial charge in [0.1, 0.15) is 22.0 Å². The number of anilines is 1. The Bertz CT molecular complexity index is 1120. The minimum atomic E-state index is -0.254. The first kappa shape index (κ1) is 18.9. The van der Waals surface area contributed by atoms with Crippen molar-refractivity contribution in [3.8, 4) is 11.1 Å². The maximum Gasteiger partial charge on any atom is 0.206 e. The summed E-state index contributed by atoms with van der Waals surface area (Å²) < 4.78 is 19.7. The molecule has 1 saturated heterocycles. The maximum absolute atomic E-state index is 13.3. The van der Waals surface area contributed by atoms with Crippen molar-refractivity contribution in [1.82, 2.24) is 20.2 Å². The van der Waals surface area contributed by atoms with Gasteiger partial charge in [0.2, 0.25) is 5.13 Å². The van der Waals surface area contributed by atoms with E-state index in [4.69, 9.17) is 4.74 Å². The van der Waals surface area contributed by atoms with Crippen LogP contribution in [0.5, 0.6) is 0 Å². The molecule has 4 aromatic rings. The van der Waals surface area contributed by atoms with Gasteiger partial charge in [-0.3, -0.25) is 0 Å². The first-order valence-corrected chi connectivity index (χ1v) is 11.6. The molecule has 1 aliphatic heterocycles. The Labute approximate surface area is 178 Å². The van der Waals surface area contributed by atoms with E-state index < -0.39 is 0 Å². The third-order valence-corrected chi connectivity index (χ3v) is 7.41. The van der Waals surface area contributed by atoms with Crippen LogP contribution in [0.3, 0.4) is 0 Å². The molecule has 1 aromatic carbocycles. The molecule has 0 aliphatic carbocycles. The van der Waals surface area contributed by atoms with Crippen LogP contribution in [0.25, 0.3) is 21.3 Å². The highest BCUT2D eigenvalue weighted by molar-refractivity contribution is 8.01. The van der Waals surface area contributed by atoms with Crippen LogP contribution in [0.4, 0.5) is 9.52 Å². The second-order valence-electron chi connectivity index (χ2n) is 6.51. The number of nitrogens with zero attached hydrogens (tertiary/aromatic N) is 4. The quantitative estimate of drug-likeness (QED) is 0.414. The number of thiophene rings is 1. The Morgan fingerprint density at radius 1 is 1.21 bits per heavy atom. The first-order valence-electron chi connectivity index (χ1n) is 9.11. The van der Waals surface area contributed by atoms with Crippen molar-refractivity contribution in [3.63, 3.8) is 0 Å². The van der Waals surface area contributed by atoms with Crippen molar-refractivity contribution in [2.75, 3.05) is 18.5 Å². The van der Waals surface area contributed by atoms with Gasteiger partial charge >= 0.3 is 0 Å². The van der Waals surface area contributed by atoms with E-state index in [2.05, 4.69) is 25.5 Å². The number of aromatic nitrogens is 4. The summed E-state index contributed by atoms with van der Waals surface area (Å²) >= 11 is 4.51. The average Bonchev–Trinajstić information content (AvgIpc) is 3.48. The lowest BCUT2D eigenvalue weighted by molar-refractivity contribution is 0.120. The van der Waals surface area contributed by atoms with Gasteiger partial charge in [0, 0.05) is 24.1 Å². The second kappa shape index (κ2) is 8.31. The Balaban J connectivity index is 1.39. The standard InChI is InChI=1S/C19H16FN5OS3/c20-12-5-3-11(4-6-12)14-9-27-16-15(14)17(23-10-22-16)28-19-25-24-18(29-19)21-8-13-2-1-7-26-13/h3-6,9-10,13H,1-2,7-8H2,(H,21,24). The summed E-state index contributed by atoms with van der Waals surface area (Å²) in [6.45, 7) is 1.58. The number of ether oxygens (including phenoxy) is 1. The summed E-state index contributed by atoms with van der Waals surface area (Å²) in [6.07, 6.45) is 4.01. The monoisotopic (exact) mass is 445 g/mol. The molecule has 1 unspecified atom stereocenters. The molecule has 1 atom stereocenters. The van der Waals surface area contributed by atoms with E-state index in [9.17, 15) is 4.39 Å². The van der Waals surface area contributed by atoms with Gasteiger partial charge in [-0.15, -0.1) is 21.5 Å². The number of rotatable bonds is 6. The van der Waals surface area contributed by atoms with Gasteiger partial charge in [0.05, 0.1) is 11.5 Å². The summed E-state index contributed by atoms with van der Waals surface area (Å²) in [6, 6.07) is 6.48. The van der Waals surface area contributed by atoms with Crippen LogP contribution in [0.2, 0.25) is 0 Å². The number of nitrogens with one attached hydrogen (secondary N) is 1. The predicted octanol–water partition coefficient (Wildman–Crippen LogP) is 5.09. The molecule has 0 amide bonds. The summed E-state index contributed by atoms with van der Waals surface area (Å²) in [5.41, 5.74) is 1.93. The molecule has 1 N–H and O–H groups in total. The molecule has 0 saturated carbocycles. The summed E-state index contributed by atoms with van der Waals surface area (Å²) in [4.78, 5) is 9.76. The number of fused-ring (bicyclic) bond motifs is 1. The molecular formula is C19H16FN5OS3. The number of benzene rings is 1. The molecule has 1 aliphatic rings. The van der Waals surface area contributed by atoms with E-state index in [-0.39, 0.29) is 11.9 Å². The lowest BCUT2D eigenvalue weighted by Crippen LogP contribution is -2.18. The highest BCUT2D eigenvalue weighted by atomic mass is 32.2. The smallest absolute Gasteiger partial charge is 0.206 e. The van der Waals surface area contributed by atoms with Crippen LogP contribution in [0, 0.1) is 5.82 Å². The van der Waals surface area contributed by atoms with Gasteiger partial charge < -0.3 is 10.1 Å². The molecule has 29 heavy (non-hydrogen) atoms. The molecule has 10 heteroatoms. The summed E-state index contributed by atoms with van der Waals surface area (Å²) in [5.74, 6) is -0.254. The third-order valence-electron chi connectivity index (χ3n) is 4.59. The van der Waals surface area contributed by atoms with E-state index in [1.54, 1.807) is 29.8 Å². The fraction of sp³-hybridized carbons (Fsp3) is 0.263. The highest BCUT2D eigenvalue weighted by Crippen LogP contribution is 2.41. The molecule has 3 aromatic heterocycles. The van der Waals surface area contributed by atoms with Gasteiger partial charge in [0.15, 0.2) is 4.34 Å². The minimum absolute atomic E-state index is 0.251. The van der Waals surface area contributed by atoms with Crippen LogP contribution in [-0.2, 0) is 4.74 Å². The molecule has 148 valence electrons. The second-order valence-corrected chi connectivity index (χ2v) is 9.58. The van der Waals surface area contributed by atoms with Crippen LogP contribution in [0.1, 0.15) is 12.8 Å². The predicted molar refractivity (Wildman–Crippen MR) is 114 cm³/mol. The van der Waals surface area contributed by atoms with Gasteiger partial charge in [-0.25, -0.2) is 14.4 Å². The summed E-state index contributed by atoms with van der Waals surface area (Å²) in [5, 5.41) is 16.4. The average molecular weight is 446 g/mol. The van der Waals surface area contributed by atoms with Gasteiger partial charge in [-0.2, -0.15) is 0 Å². The zero-order valence-electron chi connectivity index (χ0n) is 15.2. The van der Waals surface area contributed by atoms with Crippen LogP contribution < -0.4 is 5.32 Å². The molecule has 1 fully saturated rings. The number of hydrogen-bond acceptors (Lipinski definition) is 9. The van der Waals surface area contributed by atoms with E-state index in [1.807, 2.05) is 5.38 Å². The number of hydrogen-bond donors (Lipinski definition) is 1. The van der Waals surface area contributed by atoms with Crippen molar-refractivity contribution in [2.24, 2.45) is 0 Å². The number of halogens is 1.